The van der Waals surface area contributed by atoms with Crippen molar-refractivity contribution < 1.29 is 9.53 Å². The molecular weight excluding hydrogens is 336 g/mol. The van der Waals surface area contributed by atoms with Crippen molar-refractivity contribution in [2.24, 2.45) is 0 Å². The van der Waals surface area contributed by atoms with E-state index >= 15 is 0 Å². The maximum atomic E-state index is 11.8. The fraction of sp³-hybridized carbons (Fsp3) is 0.556. The van der Waals surface area contributed by atoms with Crippen LogP contribution >= 0.6 is 12.2 Å². The molecule has 0 aromatic heterocycles. The second-order valence-corrected chi connectivity index (χ2v) is 6.47. The molecule has 138 valence electrons. The molecule has 0 spiro atoms. The van der Waals surface area contributed by atoms with Crippen LogP contribution in [0.4, 0.5) is 5.69 Å². The summed E-state index contributed by atoms with van der Waals surface area (Å²) in [4.78, 5) is 16.1. The standard InChI is InChI=1S/C18H28N4O2S/c1-3-15-4-6-16(7-5-15)20-18(25)22-11-9-21(10-12-22)14-17(23)19-8-13-24-2/h4-7H,3,8-14H2,1-2H3,(H,19,23)(H,20,25). The number of amides is 1. The van der Waals surface area contributed by atoms with Crippen LogP contribution in [-0.4, -0.2) is 73.8 Å². The smallest absolute Gasteiger partial charge is 0.234 e. The normalized spacial score (nSPS) is 15.0. The number of nitrogens with zero attached hydrogens (tertiary/aromatic N) is 2. The Balaban J connectivity index is 1.71. The topological polar surface area (TPSA) is 56.8 Å². The fourth-order valence-electron chi connectivity index (χ4n) is 2.69. The summed E-state index contributed by atoms with van der Waals surface area (Å²) in [7, 11) is 1.63. The molecule has 1 amide bonds. The van der Waals surface area contributed by atoms with Crippen LogP contribution in [0, 0.1) is 0 Å². The molecule has 1 heterocycles. The Morgan fingerprint density at radius 2 is 1.88 bits per heavy atom. The van der Waals surface area contributed by atoms with Gasteiger partial charge >= 0.3 is 0 Å². The van der Waals surface area contributed by atoms with Gasteiger partial charge in [0.25, 0.3) is 0 Å². The zero-order valence-electron chi connectivity index (χ0n) is 15.1. The van der Waals surface area contributed by atoms with E-state index in [4.69, 9.17) is 17.0 Å². The van der Waals surface area contributed by atoms with Crippen molar-refractivity contribution in [2.75, 3.05) is 58.3 Å². The summed E-state index contributed by atoms with van der Waals surface area (Å²) in [5.41, 5.74) is 2.33. The maximum Gasteiger partial charge on any atom is 0.234 e. The van der Waals surface area contributed by atoms with E-state index in [-0.39, 0.29) is 5.91 Å². The molecule has 6 nitrogen and oxygen atoms in total. The highest BCUT2D eigenvalue weighted by molar-refractivity contribution is 7.80. The first kappa shape index (κ1) is 19.6. The monoisotopic (exact) mass is 364 g/mol. The van der Waals surface area contributed by atoms with Gasteiger partial charge < -0.3 is 20.3 Å². The van der Waals surface area contributed by atoms with E-state index in [0.29, 0.717) is 19.7 Å². The fourth-order valence-corrected chi connectivity index (χ4v) is 2.99. The van der Waals surface area contributed by atoms with E-state index in [9.17, 15) is 4.79 Å². The first-order chi connectivity index (χ1) is 12.1. The number of piperazine rings is 1. The van der Waals surface area contributed by atoms with E-state index in [0.717, 1.165) is 43.4 Å². The Kier molecular flexibility index (Phi) is 8.11. The molecule has 1 aliphatic heterocycles. The molecule has 2 rings (SSSR count). The highest BCUT2D eigenvalue weighted by Crippen LogP contribution is 2.12. The average molecular weight is 365 g/mol. The minimum absolute atomic E-state index is 0.0437. The van der Waals surface area contributed by atoms with E-state index < -0.39 is 0 Å². The van der Waals surface area contributed by atoms with Gasteiger partial charge in [-0.25, -0.2) is 0 Å². The average Bonchev–Trinajstić information content (AvgIpc) is 2.63. The van der Waals surface area contributed by atoms with Gasteiger partial charge in [0.1, 0.15) is 0 Å². The molecule has 1 aromatic carbocycles. The third kappa shape index (κ3) is 6.61. The summed E-state index contributed by atoms with van der Waals surface area (Å²) >= 11 is 5.52. The molecular formula is C18H28N4O2S. The lowest BCUT2D eigenvalue weighted by molar-refractivity contribution is -0.122. The van der Waals surface area contributed by atoms with Crippen LogP contribution in [0.1, 0.15) is 12.5 Å². The van der Waals surface area contributed by atoms with Crippen molar-refractivity contribution in [2.45, 2.75) is 13.3 Å². The van der Waals surface area contributed by atoms with Gasteiger partial charge in [0.05, 0.1) is 13.2 Å². The molecule has 1 aliphatic rings. The first-order valence-corrected chi connectivity index (χ1v) is 9.16. The molecule has 25 heavy (non-hydrogen) atoms. The van der Waals surface area contributed by atoms with Crippen molar-refractivity contribution >= 4 is 28.9 Å². The van der Waals surface area contributed by atoms with Crippen molar-refractivity contribution in [3.8, 4) is 0 Å². The van der Waals surface area contributed by atoms with Gasteiger partial charge in [-0.3, -0.25) is 9.69 Å². The second-order valence-electron chi connectivity index (χ2n) is 6.09. The van der Waals surface area contributed by atoms with E-state index in [1.165, 1.54) is 5.56 Å². The number of rotatable bonds is 7. The second kappa shape index (κ2) is 10.3. The zero-order chi connectivity index (χ0) is 18.1. The van der Waals surface area contributed by atoms with Crippen LogP contribution in [0.5, 0.6) is 0 Å². The predicted molar refractivity (Wildman–Crippen MR) is 105 cm³/mol. The number of ether oxygens (including phenoxy) is 1. The van der Waals surface area contributed by atoms with Gasteiger partial charge in [0, 0.05) is 45.5 Å². The van der Waals surface area contributed by atoms with E-state index in [2.05, 4.69) is 51.6 Å². The summed E-state index contributed by atoms with van der Waals surface area (Å²) in [6, 6.07) is 8.35. The quantitative estimate of drug-likeness (QED) is 0.562. The highest BCUT2D eigenvalue weighted by atomic mass is 32.1. The highest BCUT2D eigenvalue weighted by Gasteiger charge is 2.20. The Morgan fingerprint density at radius 1 is 1.20 bits per heavy atom. The summed E-state index contributed by atoms with van der Waals surface area (Å²) < 4.78 is 4.93. The minimum Gasteiger partial charge on any atom is -0.383 e. The molecule has 0 atom stereocenters. The lowest BCUT2D eigenvalue weighted by Gasteiger charge is -2.35. The van der Waals surface area contributed by atoms with E-state index in [1.807, 2.05) is 0 Å². The zero-order valence-corrected chi connectivity index (χ0v) is 15.9. The van der Waals surface area contributed by atoms with Gasteiger partial charge in [-0.05, 0) is 36.3 Å². The third-order valence-corrected chi connectivity index (χ3v) is 4.63. The van der Waals surface area contributed by atoms with Gasteiger partial charge in [-0.1, -0.05) is 19.1 Å². The van der Waals surface area contributed by atoms with Crippen molar-refractivity contribution in [3.63, 3.8) is 0 Å². The lowest BCUT2D eigenvalue weighted by Crippen LogP contribution is -2.52. The molecule has 0 aliphatic carbocycles. The largest absolute Gasteiger partial charge is 0.383 e. The van der Waals surface area contributed by atoms with Crippen LogP contribution in [0.2, 0.25) is 0 Å². The van der Waals surface area contributed by atoms with Gasteiger partial charge in [0.2, 0.25) is 5.91 Å². The van der Waals surface area contributed by atoms with Gasteiger partial charge in [-0.15, -0.1) is 0 Å². The van der Waals surface area contributed by atoms with Crippen LogP contribution < -0.4 is 10.6 Å². The molecule has 0 unspecified atom stereocenters. The molecule has 1 saturated heterocycles. The van der Waals surface area contributed by atoms with Crippen LogP contribution in [0.25, 0.3) is 0 Å². The number of methoxy groups -OCH3 is 1. The van der Waals surface area contributed by atoms with Crippen molar-refractivity contribution in [3.05, 3.63) is 29.8 Å². The van der Waals surface area contributed by atoms with Gasteiger partial charge in [0.15, 0.2) is 5.11 Å². The number of nitrogens with one attached hydrogen (secondary N) is 2. The van der Waals surface area contributed by atoms with E-state index in [1.54, 1.807) is 7.11 Å². The Labute approximate surface area is 155 Å². The number of thiocarbonyl (C=S) groups is 1. The number of hydrogen-bond acceptors (Lipinski definition) is 4. The molecule has 0 radical (unpaired) electrons. The Morgan fingerprint density at radius 3 is 2.48 bits per heavy atom. The minimum atomic E-state index is 0.0437. The lowest BCUT2D eigenvalue weighted by atomic mass is 10.1. The van der Waals surface area contributed by atoms with Crippen LogP contribution in [0.3, 0.4) is 0 Å². The summed E-state index contributed by atoms with van der Waals surface area (Å²) in [6.07, 6.45) is 1.03. The number of aryl methyl sites for hydroxylation is 1. The summed E-state index contributed by atoms with van der Waals surface area (Å²) in [5, 5.41) is 6.89. The van der Waals surface area contributed by atoms with Crippen molar-refractivity contribution in [1.29, 1.82) is 0 Å². The predicted octanol–water partition coefficient (Wildman–Crippen LogP) is 1.33. The third-order valence-electron chi connectivity index (χ3n) is 4.27. The molecule has 1 fully saturated rings. The number of hydrogen-bond donors (Lipinski definition) is 2. The SMILES string of the molecule is CCc1ccc(NC(=S)N2CCN(CC(=O)NCCOC)CC2)cc1. The molecule has 0 saturated carbocycles. The maximum absolute atomic E-state index is 11.8. The Bertz CT molecular complexity index is 557. The first-order valence-electron chi connectivity index (χ1n) is 8.75. The molecule has 7 heteroatoms. The number of benzene rings is 1. The van der Waals surface area contributed by atoms with Crippen LogP contribution in [0.15, 0.2) is 24.3 Å². The summed E-state index contributed by atoms with van der Waals surface area (Å²) in [5.74, 6) is 0.0437. The molecule has 0 bridgehead atoms. The van der Waals surface area contributed by atoms with Crippen molar-refractivity contribution in [1.82, 2.24) is 15.1 Å². The number of carbonyl (C=O) groups excluding carboxylic acids is 1. The number of anilines is 1. The van der Waals surface area contributed by atoms with Gasteiger partial charge in [-0.2, -0.15) is 0 Å². The Hall–Kier alpha value is -1.70. The number of carbonyl (C=O) groups is 1. The molecule has 2 N–H and O–H groups in total. The molecule has 1 aromatic rings. The summed E-state index contributed by atoms with van der Waals surface area (Å²) in [6.45, 7) is 6.97. The van der Waals surface area contributed by atoms with Crippen LogP contribution in [-0.2, 0) is 16.0 Å².